The van der Waals surface area contributed by atoms with Crippen LogP contribution in [0.3, 0.4) is 0 Å². The molecule has 1 aliphatic heterocycles. The average Bonchev–Trinajstić information content (AvgIpc) is 2.68. The zero-order valence-corrected chi connectivity index (χ0v) is 18.3. The quantitative estimate of drug-likeness (QED) is 0.752. The molecule has 0 unspecified atom stereocenters. The van der Waals surface area contributed by atoms with E-state index in [1.807, 2.05) is 58.0 Å². The van der Waals surface area contributed by atoms with Crippen LogP contribution in [0.15, 0.2) is 41.3 Å². The van der Waals surface area contributed by atoms with Gasteiger partial charge < -0.3 is 9.64 Å². The average molecular weight is 417 g/mol. The molecule has 0 saturated carbocycles. The summed E-state index contributed by atoms with van der Waals surface area (Å²) in [6, 6.07) is 11.1. The van der Waals surface area contributed by atoms with E-state index in [1.165, 1.54) is 4.31 Å². The molecule has 1 amide bonds. The van der Waals surface area contributed by atoms with Gasteiger partial charge in [-0.05, 0) is 56.5 Å². The number of benzene rings is 2. The number of ether oxygens (including phenoxy) is 1. The fraction of sp³-hybridized carbons (Fsp3) is 0.409. The molecule has 1 heterocycles. The van der Waals surface area contributed by atoms with Gasteiger partial charge in [0.25, 0.3) is 5.91 Å². The van der Waals surface area contributed by atoms with E-state index < -0.39 is 10.0 Å². The topological polar surface area (TPSA) is 66.9 Å². The van der Waals surface area contributed by atoms with Crippen LogP contribution in [-0.2, 0) is 14.8 Å². The maximum Gasteiger partial charge on any atom is 0.260 e. The molecule has 0 bridgehead atoms. The first-order chi connectivity index (χ1) is 13.7. The third kappa shape index (κ3) is 4.62. The Bertz CT molecular complexity index is 1010. The number of hydrogen-bond donors (Lipinski definition) is 0. The molecule has 0 atom stereocenters. The van der Waals surface area contributed by atoms with Crippen LogP contribution in [0.25, 0.3) is 0 Å². The smallest absolute Gasteiger partial charge is 0.260 e. The molecule has 29 heavy (non-hydrogen) atoms. The lowest BCUT2D eigenvalue weighted by Crippen LogP contribution is -2.51. The number of carbonyl (C=O) groups excluding carboxylic acids is 1. The van der Waals surface area contributed by atoms with Gasteiger partial charge >= 0.3 is 0 Å². The number of aryl methyl sites for hydroxylation is 3. The Balaban J connectivity index is 1.59. The molecule has 0 radical (unpaired) electrons. The van der Waals surface area contributed by atoms with E-state index in [4.69, 9.17) is 4.74 Å². The predicted octanol–water partition coefficient (Wildman–Crippen LogP) is 2.83. The number of hydrogen-bond acceptors (Lipinski definition) is 4. The van der Waals surface area contributed by atoms with Gasteiger partial charge in [0.15, 0.2) is 6.61 Å². The number of sulfonamides is 1. The van der Waals surface area contributed by atoms with Crippen LogP contribution >= 0.6 is 0 Å². The van der Waals surface area contributed by atoms with Crippen molar-refractivity contribution in [1.29, 1.82) is 0 Å². The molecule has 0 aromatic heterocycles. The Hall–Kier alpha value is -2.38. The highest BCUT2D eigenvalue weighted by molar-refractivity contribution is 7.89. The summed E-state index contributed by atoms with van der Waals surface area (Å²) >= 11 is 0. The maximum absolute atomic E-state index is 13.0. The van der Waals surface area contributed by atoms with E-state index in [0.717, 1.165) is 22.3 Å². The lowest BCUT2D eigenvalue weighted by molar-refractivity contribution is -0.134. The molecule has 7 heteroatoms. The van der Waals surface area contributed by atoms with Gasteiger partial charge in [0.2, 0.25) is 10.0 Å². The minimum Gasteiger partial charge on any atom is -0.483 e. The summed E-state index contributed by atoms with van der Waals surface area (Å²) in [6.45, 7) is 8.95. The molecule has 3 rings (SSSR count). The van der Waals surface area contributed by atoms with Crippen LogP contribution in [0, 0.1) is 27.7 Å². The molecule has 0 aliphatic carbocycles. The molecule has 0 spiro atoms. The van der Waals surface area contributed by atoms with Gasteiger partial charge in [0, 0.05) is 26.2 Å². The normalized spacial score (nSPS) is 15.4. The second-order valence-corrected chi connectivity index (χ2v) is 9.45. The monoisotopic (exact) mass is 416 g/mol. The van der Waals surface area contributed by atoms with Gasteiger partial charge in [-0.1, -0.05) is 29.8 Å². The second-order valence-electron chi connectivity index (χ2n) is 7.54. The van der Waals surface area contributed by atoms with E-state index in [2.05, 4.69) is 0 Å². The Kier molecular flexibility index (Phi) is 6.29. The summed E-state index contributed by atoms with van der Waals surface area (Å²) in [7, 11) is -3.56. The van der Waals surface area contributed by atoms with Crippen LogP contribution in [0.5, 0.6) is 5.75 Å². The van der Waals surface area contributed by atoms with Crippen LogP contribution < -0.4 is 4.74 Å². The third-order valence-electron chi connectivity index (χ3n) is 5.45. The standard InChI is InChI=1S/C22H28N2O4S/c1-16-8-9-21(18(3)14-16)29(26,27)24-12-10-23(11-13-24)22(25)15-28-20-7-5-6-17(2)19(20)4/h5-9,14H,10-13,15H2,1-4H3. The summed E-state index contributed by atoms with van der Waals surface area (Å²) in [5.41, 5.74) is 3.90. The molecular weight excluding hydrogens is 388 g/mol. The zero-order valence-electron chi connectivity index (χ0n) is 17.4. The maximum atomic E-state index is 13.0. The van der Waals surface area contributed by atoms with E-state index in [-0.39, 0.29) is 25.6 Å². The van der Waals surface area contributed by atoms with Crippen molar-refractivity contribution >= 4 is 15.9 Å². The highest BCUT2D eigenvalue weighted by atomic mass is 32.2. The lowest BCUT2D eigenvalue weighted by atomic mass is 10.1. The number of piperazine rings is 1. The summed E-state index contributed by atoms with van der Waals surface area (Å²) in [6.07, 6.45) is 0. The van der Waals surface area contributed by atoms with E-state index in [1.54, 1.807) is 11.0 Å². The van der Waals surface area contributed by atoms with E-state index in [0.29, 0.717) is 23.7 Å². The van der Waals surface area contributed by atoms with E-state index in [9.17, 15) is 13.2 Å². The van der Waals surface area contributed by atoms with Crippen molar-refractivity contribution in [3.63, 3.8) is 0 Å². The summed E-state index contributed by atoms with van der Waals surface area (Å²) in [4.78, 5) is 14.5. The largest absolute Gasteiger partial charge is 0.483 e. The number of carbonyl (C=O) groups is 1. The van der Waals surface area contributed by atoms with Crippen molar-refractivity contribution in [2.75, 3.05) is 32.8 Å². The summed E-state index contributed by atoms with van der Waals surface area (Å²) in [5, 5.41) is 0. The Morgan fingerprint density at radius 2 is 1.66 bits per heavy atom. The molecule has 1 saturated heterocycles. The number of amides is 1. The second kappa shape index (κ2) is 8.55. The van der Waals surface area contributed by atoms with Gasteiger partial charge in [0.05, 0.1) is 4.90 Å². The van der Waals surface area contributed by atoms with Crippen molar-refractivity contribution in [3.05, 3.63) is 58.7 Å². The number of nitrogens with zero attached hydrogens (tertiary/aromatic N) is 2. The molecule has 1 aliphatic rings. The van der Waals surface area contributed by atoms with E-state index >= 15 is 0 Å². The van der Waals surface area contributed by atoms with Crippen LogP contribution in [0.1, 0.15) is 22.3 Å². The molecule has 1 fully saturated rings. The Morgan fingerprint density at radius 3 is 2.31 bits per heavy atom. The fourth-order valence-electron chi connectivity index (χ4n) is 3.52. The van der Waals surface area contributed by atoms with Gasteiger partial charge in [0.1, 0.15) is 5.75 Å². The highest BCUT2D eigenvalue weighted by Crippen LogP contribution is 2.23. The molecule has 2 aromatic rings. The molecule has 156 valence electrons. The minimum atomic E-state index is -3.56. The van der Waals surface area contributed by atoms with Crippen LogP contribution in [0.2, 0.25) is 0 Å². The van der Waals surface area contributed by atoms with Crippen molar-refractivity contribution in [3.8, 4) is 5.75 Å². The zero-order chi connectivity index (χ0) is 21.2. The first-order valence-corrected chi connectivity index (χ1v) is 11.2. The molecular formula is C22H28N2O4S. The number of rotatable bonds is 5. The Labute approximate surface area is 173 Å². The van der Waals surface area contributed by atoms with Gasteiger partial charge in [-0.15, -0.1) is 0 Å². The van der Waals surface area contributed by atoms with Crippen LogP contribution in [0.4, 0.5) is 0 Å². The Morgan fingerprint density at radius 1 is 0.966 bits per heavy atom. The minimum absolute atomic E-state index is 0.0475. The van der Waals surface area contributed by atoms with Crippen LogP contribution in [-0.4, -0.2) is 56.3 Å². The van der Waals surface area contributed by atoms with Crippen molar-refractivity contribution in [2.24, 2.45) is 0 Å². The van der Waals surface area contributed by atoms with Gasteiger partial charge in [-0.25, -0.2) is 8.42 Å². The fourth-order valence-corrected chi connectivity index (χ4v) is 5.15. The summed E-state index contributed by atoms with van der Waals surface area (Å²) in [5.74, 6) is 0.573. The summed E-state index contributed by atoms with van der Waals surface area (Å²) < 4.78 is 33.1. The highest BCUT2D eigenvalue weighted by Gasteiger charge is 2.31. The first-order valence-electron chi connectivity index (χ1n) is 9.74. The predicted molar refractivity (Wildman–Crippen MR) is 113 cm³/mol. The van der Waals surface area contributed by atoms with Crippen molar-refractivity contribution in [1.82, 2.24) is 9.21 Å². The molecule has 6 nitrogen and oxygen atoms in total. The first kappa shape index (κ1) is 21.3. The van der Waals surface area contributed by atoms with Gasteiger partial charge in [-0.2, -0.15) is 4.31 Å². The lowest BCUT2D eigenvalue weighted by Gasteiger charge is -2.34. The van der Waals surface area contributed by atoms with Gasteiger partial charge in [-0.3, -0.25) is 4.79 Å². The van der Waals surface area contributed by atoms with Crippen molar-refractivity contribution < 1.29 is 17.9 Å². The van der Waals surface area contributed by atoms with Crippen molar-refractivity contribution in [2.45, 2.75) is 32.6 Å². The molecule has 2 aromatic carbocycles. The SMILES string of the molecule is Cc1ccc(S(=O)(=O)N2CCN(C(=O)COc3cccc(C)c3C)CC2)c(C)c1. The third-order valence-corrected chi connectivity index (χ3v) is 7.50. The molecule has 0 N–H and O–H groups in total.